The quantitative estimate of drug-likeness (QED) is 0.00430. The van der Waals surface area contributed by atoms with Crippen molar-refractivity contribution >= 4 is 29.8 Å². The molecule has 496 valence electrons. The Kier molecular flexibility index (Phi) is 32.8. The second kappa shape index (κ2) is 40.9. The third-order valence-electron chi connectivity index (χ3n) is 14.3. The van der Waals surface area contributed by atoms with Crippen molar-refractivity contribution < 1.29 is 82.3 Å². The summed E-state index contributed by atoms with van der Waals surface area (Å²) in [5.74, 6) is 6.16. The maximum absolute atomic E-state index is 13.2. The number of esters is 4. The summed E-state index contributed by atoms with van der Waals surface area (Å²) < 4.78 is 46.0. The molecule has 8 N–H and O–H groups in total. The van der Waals surface area contributed by atoms with Gasteiger partial charge in [-0.15, -0.1) is 5.10 Å². The fourth-order valence-corrected chi connectivity index (χ4v) is 10.5. The van der Waals surface area contributed by atoms with Crippen LogP contribution in [-0.2, 0) is 72.7 Å². The molecule has 0 atom stereocenters. The van der Waals surface area contributed by atoms with Gasteiger partial charge >= 0.3 is 23.9 Å². The van der Waals surface area contributed by atoms with E-state index >= 15 is 0 Å². The van der Waals surface area contributed by atoms with Gasteiger partial charge in [0.05, 0.1) is 91.5 Å². The first kappa shape index (κ1) is 73.1. The number of hydrogen-bond acceptors (Lipinski definition) is 22. The van der Waals surface area contributed by atoms with Crippen LogP contribution < -0.4 is 30.8 Å². The van der Waals surface area contributed by atoms with Gasteiger partial charge in [-0.05, 0) is 107 Å². The third kappa shape index (κ3) is 23.6. The van der Waals surface area contributed by atoms with Crippen molar-refractivity contribution in [3.8, 4) is 17.6 Å². The summed E-state index contributed by atoms with van der Waals surface area (Å²) in [5.41, 5.74) is 6.01. The van der Waals surface area contributed by atoms with Crippen LogP contribution in [0.5, 0.6) is 17.6 Å². The van der Waals surface area contributed by atoms with Gasteiger partial charge in [-0.25, -0.2) is 28.5 Å². The third-order valence-corrected chi connectivity index (χ3v) is 14.3. The number of carbonyl (C=O) groups excluding carboxylic acids is 5. The van der Waals surface area contributed by atoms with Crippen molar-refractivity contribution in [2.75, 3.05) is 66.0 Å². The Bertz CT molecular complexity index is 3050. The summed E-state index contributed by atoms with van der Waals surface area (Å²) in [5, 5.41) is 51.1. The molecule has 4 aliphatic carbocycles. The molecule has 6 aromatic rings. The van der Waals surface area contributed by atoms with E-state index in [9.17, 15) is 29.1 Å². The fourth-order valence-electron chi connectivity index (χ4n) is 10.5. The number of benzene rings is 3. The van der Waals surface area contributed by atoms with Gasteiger partial charge in [-0.2, -0.15) is 10.2 Å². The molecule has 4 bridgehead atoms. The zero-order valence-corrected chi connectivity index (χ0v) is 52.6. The topological polar surface area (TPSA) is 344 Å². The van der Waals surface area contributed by atoms with E-state index in [2.05, 4.69) is 35.5 Å². The number of aromatic nitrogens is 6. The Balaban J connectivity index is 0.000000220. The highest BCUT2D eigenvalue weighted by Gasteiger charge is 2.49. The Morgan fingerprint density at radius 2 is 0.989 bits per heavy atom. The first-order valence-electron chi connectivity index (χ1n) is 30.7. The largest absolute Gasteiger partial charge is 0.500 e. The Morgan fingerprint density at radius 1 is 0.549 bits per heavy atom. The Hall–Kier alpha value is -8.66. The smallest absolute Gasteiger partial charge is 0.348 e. The highest BCUT2D eigenvalue weighted by molar-refractivity contribution is 6.13. The van der Waals surface area contributed by atoms with Crippen LogP contribution in [0.2, 0.25) is 0 Å². The van der Waals surface area contributed by atoms with Crippen molar-refractivity contribution in [1.82, 2.24) is 40.1 Å². The minimum Gasteiger partial charge on any atom is -0.500 e. The van der Waals surface area contributed by atoms with Crippen molar-refractivity contribution in [1.29, 1.82) is 0 Å². The highest BCUT2D eigenvalue weighted by atomic mass is 16.6. The second-order valence-corrected chi connectivity index (χ2v) is 20.8. The van der Waals surface area contributed by atoms with E-state index in [4.69, 9.17) is 49.6 Å². The van der Waals surface area contributed by atoms with Crippen LogP contribution >= 0.6 is 0 Å². The lowest BCUT2D eigenvalue weighted by molar-refractivity contribution is -0.146. The van der Waals surface area contributed by atoms with Gasteiger partial charge in [0.1, 0.15) is 42.8 Å². The zero-order valence-electron chi connectivity index (χ0n) is 52.6. The molecule has 0 spiro atoms. The van der Waals surface area contributed by atoms with Crippen LogP contribution in [0.25, 0.3) is 0 Å². The summed E-state index contributed by atoms with van der Waals surface area (Å²) in [6.45, 7) is 12.0. The number of hydrazine groups is 1. The fraction of sp³-hybridized carbons (Fsp3) is 0.477. The molecule has 4 aliphatic rings. The number of rotatable bonds is 29. The minimum absolute atomic E-state index is 0.0556. The van der Waals surface area contributed by atoms with Crippen molar-refractivity contribution in [2.24, 2.45) is 29.5 Å². The van der Waals surface area contributed by atoms with E-state index in [-0.39, 0.29) is 93.9 Å². The van der Waals surface area contributed by atoms with E-state index in [1.165, 1.54) is 53.9 Å². The van der Waals surface area contributed by atoms with E-state index in [0.29, 0.717) is 75.2 Å². The number of aliphatic hydroxyl groups is 4. The van der Waals surface area contributed by atoms with Gasteiger partial charge < -0.3 is 63.6 Å². The van der Waals surface area contributed by atoms with E-state index in [1.54, 1.807) is 45.5 Å². The number of nitrogens with zero attached hydrogens (tertiary/aromatic N) is 6. The van der Waals surface area contributed by atoms with Crippen LogP contribution in [0.4, 0.5) is 0 Å². The number of ether oxygens (including phenoxy) is 8. The zero-order chi connectivity index (χ0) is 65.8. The van der Waals surface area contributed by atoms with E-state index in [1.807, 2.05) is 91.0 Å². The molecule has 91 heavy (non-hydrogen) atoms. The van der Waals surface area contributed by atoms with Crippen LogP contribution in [0.1, 0.15) is 114 Å². The van der Waals surface area contributed by atoms with Gasteiger partial charge in [0.2, 0.25) is 17.6 Å². The molecule has 3 aromatic heterocycles. The molecule has 3 heterocycles. The summed E-state index contributed by atoms with van der Waals surface area (Å²) in [6.07, 6.45) is 12.0. The first-order valence-corrected chi connectivity index (χ1v) is 30.7. The lowest BCUT2D eigenvalue weighted by atomic mass is 9.54. The average molecular weight is 1270 g/mol. The van der Waals surface area contributed by atoms with Crippen LogP contribution in [0.15, 0.2) is 121 Å². The molecule has 10 rings (SSSR count). The predicted octanol–water partition coefficient (Wildman–Crippen LogP) is 5.75. The number of hydrogen-bond donors (Lipinski definition) is 7. The van der Waals surface area contributed by atoms with Crippen molar-refractivity contribution in [2.45, 2.75) is 112 Å². The SMILES string of the molecule is CCOC(=O)c1cn(CCO)nc1OCc1ccccc1.CCOC(=O)c1cnn(CCO)c1OCc1ccccc1.CCOC=C(C(=O)OCC)C(=O)OCC.NNCCO.O=C(NC1C2CC3CC(C2)CC1C3)c1cnn(CCO)c1OCc1ccccc1. The summed E-state index contributed by atoms with van der Waals surface area (Å²) >= 11 is 0. The van der Waals surface area contributed by atoms with Crippen molar-refractivity contribution in [3.63, 3.8) is 0 Å². The maximum atomic E-state index is 13.2. The standard InChI is InChI=1S/C23H29N3O3.2C15H18N2O4.C10H16O5.C2H8N2O/c27-7-6-26-23(29-14-15-4-2-1-3-5-15)20(13-24-26)22(28)25-21-18-9-16-8-17(11-18)12-19(21)10-16;1-2-20-15(19)13-10-17(8-9-18)16-14(13)21-11-12-6-4-3-5-7-12;1-2-20-15(19)13-10-16-17(8-9-18)14(13)21-11-12-6-4-3-5-7-12;1-4-13-7-8(9(11)14-5-2)10(12)15-6-3;3-4-1-2-5/h1-5,13,16-19,21,27H,6-12,14H2,(H,25,28);2*3-7,10,18H,2,8-9,11H2,1H3;7H,4-6H2,1-3H3;4-5H,1-3H2. The second-order valence-electron chi connectivity index (χ2n) is 20.8. The number of amides is 1. The van der Waals surface area contributed by atoms with Crippen LogP contribution in [-0.4, -0.2) is 152 Å². The molecular formula is C65H89N9O17. The summed E-state index contributed by atoms with van der Waals surface area (Å²) in [4.78, 5) is 59.5. The molecule has 26 heteroatoms. The van der Waals surface area contributed by atoms with Gasteiger partial charge in [-0.3, -0.25) is 20.7 Å². The Morgan fingerprint density at radius 3 is 1.41 bits per heavy atom. The van der Waals surface area contributed by atoms with Gasteiger partial charge in [0.25, 0.3) is 5.91 Å². The molecule has 4 fully saturated rings. The molecule has 3 aromatic carbocycles. The van der Waals surface area contributed by atoms with Gasteiger partial charge in [-0.1, -0.05) is 91.0 Å². The number of nitrogens with one attached hydrogen (secondary N) is 2. The summed E-state index contributed by atoms with van der Waals surface area (Å²) in [7, 11) is 0. The number of aliphatic hydroxyl groups excluding tert-OH is 4. The molecule has 26 nitrogen and oxygen atoms in total. The Labute approximate surface area is 530 Å². The lowest BCUT2D eigenvalue weighted by Gasteiger charge is -2.54. The minimum atomic E-state index is -0.732. The lowest BCUT2D eigenvalue weighted by Crippen LogP contribution is -2.55. The van der Waals surface area contributed by atoms with Crippen molar-refractivity contribution in [3.05, 3.63) is 155 Å². The number of nitrogens with two attached hydrogens (primary N) is 1. The highest BCUT2D eigenvalue weighted by Crippen LogP contribution is 2.53. The van der Waals surface area contributed by atoms with Gasteiger partial charge in [0.15, 0.2) is 5.57 Å². The molecule has 0 radical (unpaired) electrons. The average Bonchev–Trinajstić information content (AvgIpc) is 1.47. The number of carbonyl (C=O) groups is 5. The molecule has 0 unspecified atom stereocenters. The first-order chi connectivity index (χ1) is 44.3. The molecule has 4 saturated carbocycles. The predicted molar refractivity (Wildman–Crippen MR) is 333 cm³/mol. The molecule has 0 aliphatic heterocycles. The van der Waals surface area contributed by atoms with Gasteiger partial charge in [0, 0.05) is 18.8 Å². The summed E-state index contributed by atoms with van der Waals surface area (Å²) in [6, 6.07) is 29.3. The van der Waals surface area contributed by atoms with Crippen LogP contribution in [0.3, 0.4) is 0 Å². The van der Waals surface area contributed by atoms with E-state index < -0.39 is 23.9 Å². The van der Waals surface area contributed by atoms with E-state index in [0.717, 1.165) is 34.8 Å². The molecule has 0 saturated heterocycles. The molecular weight excluding hydrogens is 1180 g/mol. The van der Waals surface area contributed by atoms with Crippen LogP contribution in [0, 0.1) is 23.7 Å². The maximum Gasteiger partial charge on any atom is 0.348 e. The monoisotopic (exact) mass is 1270 g/mol. The molecule has 1 amide bonds. The normalized spacial score (nSPS) is 16.2.